The van der Waals surface area contributed by atoms with Gasteiger partial charge >= 0.3 is 0 Å². The SMILES string of the molecule is C#Cc1ccc2[nH]c(S(=O)(=O)N3CCN(C(=O)c4nc5c(s4)CN(C)N(C)C5)C(CC(=O)N(C)C)C3)cc2c1. The highest BCUT2D eigenvalue weighted by Crippen LogP contribution is 2.30. The van der Waals surface area contributed by atoms with E-state index >= 15 is 0 Å². The highest BCUT2D eigenvalue weighted by atomic mass is 32.2. The van der Waals surface area contributed by atoms with E-state index in [0.717, 1.165) is 10.6 Å². The van der Waals surface area contributed by atoms with Gasteiger partial charge in [-0.05, 0) is 24.3 Å². The number of rotatable bonds is 5. The quantitative estimate of drug-likeness (QED) is 0.462. The standard InChI is InChI=1S/C26H31N7O4S2/c1-6-17-7-8-20-18(11-17)12-23(27-20)39(36,37)32-9-10-33(19(14-32)13-24(34)29(2)3)26(35)25-28-21-15-30(4)31(5)16-22(21)38-25/h1,7-8,11-12,19,27H,9-10,13-16H2,2-5H3. The van der Waals surface area contributed by atoms with Crippen LogP contribution < -0.4 is 0 Å². The van der Waals surface area contributed by atoms with Gasteiger partial charge in [-0.15, -0.1) is 17.8 Å². The summed E-state index contributed by atoms with van der Waals surface area (Å²) in [6.45, 7) is 1.52. The maximum absolute atomic E-state index is 13.7. The number of thiazole rings is 1. The Balaban J connectivity index is 1.41. The van der Waals surface area contributed by atoms with E-state index in [1.165, 1.54) is 20.5 Å². The summed E-state index contributed by atoms with van der Waals surface area (Å²) in [7, 11) is 3.31. The minimum absolute atomic E-state index is 0.000440. The second-order valence-corrected chi connectivity index (χ2v) is 13.1. The van der Waals surface area contributed by atoms with Crippen LogP contribution in [0, 0.1) is 12.3 Å². The lowest BCUT2D eigenvalue weighted by Gasteiger charge is -2.40. The number of carbonyl (C=O) groups excluding carboxylic acids is 2. The molecule has 4 heterocycles. The minimum Gasteiger partial charge on any atom is -0.349 e. The Morgan fingerprint density at radius 3 is 2.64 bits per heavy atom. The molecule has 0 spiro atoms. The summed E-state index contributed by atoms with van der Waals surface area (Å²) in [5, 5.41) is 5.21. The third-order valence-corrected chi connectivity index (χ3v) is 10.1. The first-order chi connectivity index (χ1) is 18.5. The van der Waals surface area contributed by atoms with E-state index in [4.69, 9.17) is 6.42 Å². The highest BCUT2D eigenvalue weighted by Gasteiger charge is 2.39. The van der Waals surface area contributed by atoms with Crippen molar-refractivity contribution >= 4 is 44.1 Å². The molecular formula is C26H31N7O4S2. The Morgan fingerprint density at radius 1 is 1.18 bits per heavy atom. The number of sulfonamides is 1. The lowest BCUT2D eigenvalue weighted by molar-refractivity contribution is -0.130. The molecule has 1 atom stereocenters. The number of hydrogen-bond donors (Lipinski definition) is 1. The first-order valence-electron chi connectivity index (χ1n) is 12.5. The van der Waals surface area contributed by atoms with E-state index in [9.17, 15) is 18.0 Å². The van der Waals surface area contributed by atoms with Gasteiger partial charge in [-0.1, -0.05) is 5.92 Å². The zero-order valence-corrected chi connectivity index (χ0v) is 24.0. The minimum atomic E-state index is -3.92. The highest BCUT2D eigenvalue weighted by molar-refractivity contribution is 7.89. The summed E-state index contributed by atoms with van der Waals surface area (Å²) in [4.78, 5) is 38.1. The van der Waals surface area contributed by atoms with Crippen molar-refractivity contribution in [1.29, 1.82) is 0 Å². The molecule has 11 nitrogen and oxygen atoms in total. The maximum Gasteiger partial charge on any atom is 0.283 e. The molecule has 0 bridgehead atoms. The monoisotopic (exact) mass is 569 g/mol. The fraction of sp³-hybridized carbons (Fsp3) is 0.423. The molecular weight excluding hydrogens is 538 g/mol. The molecule has 2 aromatic heterocycles. The molecule has 206 valence electrons. The molecule has 1 unspecified atom stereocenters. The molecule has 5 rings (SSSR count). The Hall–Kier alpha value is -3.28. The van der Waals surface area contributed by atoms with Gasteiger partial charge in [0.25, 0.3) is 15.9 Å². The Bertz CT molecular complexity index is 1560. The number of nitrogens with one attached hydrogen (secondary N) is 1. The molecule has 1 fully saturated rings. The van der Waals surface area contributed by atoms with E-state index in [-0.39, 0.29) is 42.9 Å². The van der Waals surface area contributed by atoms with Crippen molar-refractivity contribution in [3.63, 3.8) is 0 Å². The molecule has 0 radical (unpaired) electrons. The Kier molecular flexibility index (Phi) is 7.25. The largest absolute Gasteiger partial charge is 0.349 e. The van der Waals surface area contributed by atoms with Crippen LogP contribution in [0.3, 0.4) is 0 Å². The molecule has 1 aromatic carbocycles. The van der Waals surface area contributed by atoms with E-state index in [2.05, 4.69) is 20.9 Å². The summed E-state index contributed by atoms with van der Waals surface area (Å²) in [6.07, 6.45) is 5.49. The van der Waals surface area contributed by atoms with E-state index in [1.807, 2.05) is 19.1 Å². The number of hydrogen-bond acceptors (Lipinski definition) is 8. The van der Waals surface area contributed by atoms with Gasteiger partial charge < -0.3 is 14.8 Å². The molecule has 1 saturated heterocycles. The van der Waals surface area contributed by atoms with Crippen LogP contribution in [-0.4, -0.2) is 108 Å². The Labute approximate surface area is 232 Å². The number of amides is 2. The summed E-state index contributed by atoms with van der Waals surface area (Å²) in [5.41, 5.74) is 2.18. The van der Waals surface area contributed by atoms with Gasteiger partial charge in [-0.3, -0.25) is 9.59 Å². The number of benzene rings is 1. The van der Waals surface area contributed by atoms with Gasteiger partial charge in [0.15, 0.2) is 5.01 Å². The number of piperazine rings is 1. The van der Waals surface area contributed by atoms with Gasteiger partial charge in [0.05, 0.1) is 18.3 Å². The van der Waals surface area contributed by atoms with Gasteiger partial charge in [0.2, 0.25) is 5.91 Å². The number of H-pyrrole nitrogens is 1. The molecule has 2 amide bonds. The van der Waals surface area contributed by atoms with E-state index < -0.39 is 16.1 Å². The number of fused-ring (bicyclic) bond motifs is 2. The summed E-state index contributed by atoms with van der Waals surface area (Å²) in [5.74, 6) is 2.09. The van der Waals surface area contributed by atoms with E-state index in [1.54, 1.807) is 43.3 Å². The topological polar surface area (TPSA) is 113 Å². The third kappa shape index (κ3) is 5.18. The van der Waals surface area contributed by atoms with Gasteiger partial charge in [0, 0.05) is 82.1 Å². The summed E-state index contributed by atoms with van der Waals surface area (Å²) in [6, 6.07) is 6.18. The van der Waals surface area contributed by atoms with Crippen molar-refractivity contribution in [1.82, 2.24) is 34.1 Å². The molecule has 2 aliphatic rings. The van der Waals surface area contributed by atoms with E-state index in [0.29, 0.717) is 34.6 Å². The number of aromatic nitrogens is 2. The van der Waals surface area contributed by atoms with Crippen molar-refractivity contribution in [3.8, 4) is 12.3 Å². The number of carbonyl (C=O) groups is 2. The molecule has 13 heteroatoms. The van der Waals surface area contributed by atoms with Crippen molar-refractivity contribution in [2.75, 3.05) is 47.8 Å². The van der Waals surface area contributed by atoms with Crippen molar-refractivity contribution in [2.45, 2.75) is 30.6 Å². The lowest BCUT2D eigenvalue weighted by Crippen LogP contribution is -2.57. The summed E-state index contributed by atoms with van der Waals surface area (Å²) >= 11 is 1.36. The van der Waals surface area contributed by atoms with Crippen LogP contribution in [0.4, 0.5) is 0 Å². The normalized spacial score (nSPS) is 19.2. The average Bonchev–Trinajstić information content (AvgIpc) is 3.52. The smallest absolute Gasteiger partial charge is 0.283 e. The second kappa shape index (κ2) is 10.4. The van der Waals surface area contributed by atoms with Crippen LogP contribution in [0.15, 0.2) is 29.3 Å². The molecule has 3 aromatic rings. The van der Waals surface area contributed by atoms with Crippen LogP contribution in [0.25, 0.3) is 10.9 Å². The van der Waals surface area contributed by atoms with Crippen LogP contribution in [-0.2, 0) is 27.9 Å². The molecule has 39 heavy (non-hydrogen) atoms. The number of aromatic amines is 1. The van der Waals surface area contributed by atoms with Crippen LogP contribution in [0.1, 0.15) is 32.4 Å². The fourth-order valence-electron chi connectivity index (χ4n) is 4.86. The average molecular weight is 570 g/mol. The zero-order chi connectivity index (χ0) is 28.1. The predicted octanol–water partition coefficient (Wildman–Crippen LogP) is 1.39. The Morgan fingerprint density at radius 2 is 1.92 bits per heavy atom. The molecule has 1 N–H and O–H groups in total. The van der Waals surface area contributed by atoms with Crippen molar-refractivity contribution in [3.05, 3.63) is 45.4 Å². The van der Waals surface area contributed by atoms with Crippen LogP contribution >= 0.6 is 11.3 Å². The van der Waals surface area contributed by atoms with Gasteiger partial charge in [-0.2, -0.15) is 4.31 Å². The first kappa shape index (κ1) is 27.3. The van der Waals surface area contributed by atoms with Crippen molar-refractivity contribution in [2.24, 2.45) is 0 Å². The number of hydrazine groups is 1. The third-order valence-electron chi connectivity index (χ3n) is 7.29. The maximum atomic E-state index is 13.7. The van der Waals surface area contributed by atoms with Crippen LogP contribution in [0.5, 0.6) is 0 Å². The van der Waals surface area contributed by atoms with Gasteiger partial charge in [0.1, 0.15) is 5.03 Å². The second-order valence-electron chi connectivity index (χ2n) is 10.1. The van der Waals surface area contributed by atoms with Gasteiger partial charge in [-0.25, -0.2) is 23.4 Å². The summed E-state index contributed by atoms with van der Waals surface area (Å²) < 4.78 is 28.6. The molecule has 2 aliphatic heterocycles. The number of nitrogens with zero attached hydrogens (tertiary/aromatic N) is 6. The lowest BCUT2D eigenvalue weighted by atomic mass is 10.1. The van der Waals surface area contributed by atoms with Crippen molar-refractivity contribution < 1.29 is 18.0 Å². The zero-order valence-electron chi connectivity index (χ0n) is 22.3. The molecule has 0 aliphatic carbocycles. The van der Waals surface area contributed by atoms with Crippen LogP contribution in [0.2, 0.25) is 0 Å². The first-order valence-corrected chi connectivity index (χ1v) is 14.7. The fourth-order valence-corrected chi connectivity index (χ4v) is 7.41. The predicted molar refractivity (Wildman–Crippen MR) is 148 cm³/mol. The molecule has 0 saturated carbocycles. The number of terminal acetylenes is 1.